The van der Waals surface area contributed by atoms with Crippen molar-refractivity contribution in [2.45, 2.75) is 52.5 Å². The van der Waals surface area contributed by atoms with Crippen LogP contribution in [-0.2, 0) is 11.3 Å². The van der Waals surface area contributed by atoms with Crippen LogP contribution in [0.15, 0.2) is 47.4 Å². The molecule has 172 valence electrons. The molecule has 1 saturated heterocycles. The maximum atomic E-state index is 12.8. The van der Waals surface area contributed by atoms with E-state index < -0.39 is 0 Å². The second-order valence-electron chi connectivity index (χ2n) is 8.64. The lowest BCUT2D eigenvalue weighted by Crippen LogP contribution is -2.39. The van der Waals surface area contributed by atoms with Gasteiger partial charge in [-0.15, -0.1) is 0 Å². The summed E-state index contributed by atoms with van der Waals surface area (Å²) in [4.78, 5) is 39.9. The SMILES string of the molecule is Cc1cc(Nc2ccccn2)cc(C2CCN(C(=O)CCn3c(C)cc(C)nc3=O)CC2)n1. The van der Waals surface area contributed by atoms with Crippen LogP contribution in [0.4, 0.5) is 11.5 Å². The second-order valence-corrected chi connectivity index (χ2v) is 8.64. The number of anilines is 2. The number of amides is 1. The van der Waals surface area contributed by atoms with Gasteiger partial charge in [0.2, 0.25) is 5.91 Å². The first-order valence-corrected chi connectivity index (χ1v) is 11.4. The van der Waals surface area contributed by atoms with Gasteiger partial charge in [0.1, 0.15) is 5.82 Å². The van der Waals surface area contributed by atoms with Gasteiger partial charge in [-0.3, -0.25) is 14.3 Å². The quantitative estimate of drug-likeness (QED) is 0.623. The van der Waals surface area contributed by atoms with Crippen LogP contribution in [0.25, 0.3) is 0 Å². The Labute approximate surface area is 193 Å². The van der Waals surface area contributed by atoms with E-state index in [-0.39, 0.29) is 11.6 Å². The summed E-state index contributed by atoms with van der Waals surface area (Å²) in [6.07, 6.45) is 3.81. The Hall–Kier alpha value is -3.55. The van der Waals surface area contributed by atoms with Gasteiger partial charge in [0.05, 0.1) is 0 Å². The molecule has 0 saturated carbocycles. The standard InChI is InChI=1S/C25H30N6O2/c1-17-14-19(3)31(25(33)28-17)13-9-24(32)30-11-7-20(8-12-30)22-16-21(15-18(2)27-22)29-23-6-4-5-10-26-23/h4-6,10,14-16,20H,7-9,11-13H2,1-3H3,(H,26,27,29). The fraction of sp³-hybridized carbons (Fsp3) is 0.400. The third-order valence-electron chi connectivity index (χ3n) is 6.07. The molecule has 0 radical (unpaired) electrons. The number of likely N-dealkylation sites (tertiary alicyclic amines) is 1. The van der Waals surface area contributed by atoms with Crippen LogP contribution in [0.5, 0.6) is 0 Å². The molecule has 1 fully saturated rings. The van der Waals surface area contributed by atoms with E-state index in [1.807, 2.05) is 49.1 Å². The molecule has 3 aromatic rings. The van der Waals surface area contributed by atoms with Crippen LogP contribution in [0.3, 0.4) is 0 Å². The van der Waals surface area contributed by atoms with Gasteiger partial charge in [-0.2, -0.15) is 4.98 Å². The van der Waals surface area contributed by atoms with Gasteiger partial charge in [0.25, 0.3) is 0 Å². The molecule has 4 heterocycles. The molecule has 4 rings (SSSR count). The number of aryl methyl sites for hydroxylation is 3. The third kappa shape index (κ3) is 5.63. The van der Waals surface area contributed by atoms with Crippen LogP contribution in [0.1, 0.15) is 48.0 Å². The Morgan fingerprint density at radius 3 is 2.52 bits per heavy atom. The molecule has 0 aromatic carbocycles. The number of carbonyl (C=O) groups excluding carboxylic acids is 1. The molecule has 0 unspecified atom stereocenters. The maximum absolute atomic E-state index is 12.8. The average Bonchev–Trinajstić information content (AvgIpc) is 2.78. The number of hydrogen-bond donors (Lipinski definition) is 1. The number of pyridine rings is 2. The molecule has 0 atom stereocenters. The molecule has 8 heteroatoms. The average molecular weight is 447 g/mol. The summed E-state index contributed by atoms with van der Waals surface area (Å²) in [6, 6.07) is 11.7. The fourth-order valence-electron chi connectivity index (χ4n) is 4.40. The predicted octanol–water partition coefficient (Wildman–Crippen LogP) is 3.50. The van der Waals surface area contributed by atoms with Crippen molar-refractivity contribution in [1.82, 2.24) is 24.4 Å². The minimum absolute atomic E-state index is 0.0787. The molecule has 33 heavy (non-hydrogen) atoms. The molecule has 0 aliphatic carbocycles. The predicted molar refractivity (Wildman–Crippen MR) is 128 cm³/mol. The van der Waals surface area contributed by atoms with Crippen molar-refractivity contribution in [2.24, 2.45) is 0 Å². The van der Waals surface area contributed by atoms with Crippen molar-refractivity contribution in [3.05, 3.63) is 75.9 Å². The molecule has 0 spiro atoms. The molecule has 8 nitrogen and oxygen atoms in total. The van der Waals surface area contributed by atoms with Crippen LogP contribution < -0.4 is 11.0 Å². The van der Waals surface area contributed by atoms with E-state index in [0.29, 0.717) is 37.7 Å². The van der Waals surface area contributed by atoms with Gasteiger partial charge in [-0.1, -0.05) is 6.07 Å². The van der Waals surface area contributed by atoms with E-state index in [9.17, 15) is 9.59 Å². The summed E-state index contributed by atoms with van der Waals surface area (Å²) in [5.74, 6) is 1.19. The van der Waals surface area contributed by atoms with E-state index >= 15 is 0 Å². The summed E-state index contributed by atoms with van der Waals surface area (Å²) in [5, 5.41) is 3.35. The van der Waals surface area contributed by atoms with E-state index in [0.717, 1.165) is 41.4 Å². The number of hydrogen-bond acceptors (Lipinski definition) is 6. The van der Waals surface area contributed by atoms with Crippen molar-refractivity contribution in [3.8, 4) is 0 Å². The van der Waals surface area contributed by atoms with Crippen molar-refractivity contribution < 1.29 is 4.79 Å². The number of nitrogens with one attached hydrogen (secondary N) is 1. The van der Waals surface area contributed by atoms with Gasteiger partial charge >= 0.3 is 5.69 Å². The largest absolute Gasteiger partial charge is 0.347 e. The summed E-state index contributed by atoms with van der Waals surface area (Å²) >= 11 is 0. The van der Waals surface area contributed by atoms with Crippen LogP contribution in [-0.4, -0.2) is 43.4 Å². The minimum atomic E-state index is -0.292. The molecule has 0 bridgehead atoms. The van der Waals surface area contributed by atoms with Gasteiger partial charge in [0.15, 0.2) is 0 Å². The molecule has 3 aromatic heterocycles. The molecule has 1 aliphatic rings. The Kier molecular flexibility index (Phi) is 6.82. The normalized spacial score (nSPS) is 14.3. The first-order chi connectivity index (χ1) is 15.9. The smallest absolute Gasteiger partial charge is 0.343 e. The third-order valence-corrected chi connectivity index (χ3v) is 6.07. The zero-order valence-corrected chi connectivity index (χ0v) is 19.4. The Morgan fingerprint density at radius 2 is 1.82 bits per heavy atom. The van der Waals surface area contributed by atoms with Crippen molar-refractivity contribution in [2.75, 3.05) is 18.4 Å². The summed E-state index contributed by atoms with van der Waals surface area (Å²) in [5.41, 5.74) is 4.22. The highest BCUT2D eigenvalue weighted by atomic mass is 16.2. The van der Waals surface area contributed by atoms with E-state index in [1.54, 1.807) is 17.7 Å². The van der Waals surface area contributed by atoms with Gasteiger partial charge < -0.3 is 10.2 Å². The Morgan fingerprint density at radius 1 is 1.06 bits per heavy atom. The molecular weight excluding hydrogens is 416 g/mol. The summed E-state index contributed by atoms with van der Waals surface area (Å²) < 4.78 is 1.57. The lowest BCUT2D eigenvalue weighted by Gasteiger charge is -2.32. The van der Waals surface area contributed by atoms with E-state index in [2.05, 4.69) is 21.4 Å². The lowest BCUT2D eigenvalue weighted by atomic mass is 9.92. The zero-order valence-electron chi connectivity index (χ0n) is 19.4. The maximum Gasteiger partial charge on any atom is 0.347 e. The molecular formula is C25H30N6O2. The van der Waals surface area contributed by atoms with Gasteiger partial charge in [0, 0.05) is 66.6 Å². The minimum Gasteiger partial charge on any atom is -0.343 e. The molecule has 1 N–H and O–H groups in total. The molecule has 1 amide bonds. The van der Waals surface area contributed by atoms with Crippen molar-refractivity contribution in [1.29, 1.82) is 0 Å². The van der Waals surface area contributed by atoms with Crippen molar-refractivity contribution >= 4 is 17.4 Å². The fourth-order valence-corrected chi connectivity index (χ4v) is 4.40. The summed E-state index contributed by atoms with van der Waals surface area (Å²) in [6.45, 7) is 7.42. The number of aromatic nitrogens is 4. The molecule has 1 aliphatic heterocycles. The Balaban J connectivity index is 1.35. The summed E-state index contributed by atoms with van der Waals surface area (Å²) in [7, 11) is 0. The lowest BCUT2D eigenvalue weighted by molar-refractivity contribution is -0.132. The van der Waals surface area contributed by atoms with Crippen LogP contribution >= 0.6 is 0 Å². The number of piperidine rings is 1. The van der Waals surface area contributed by atoms with Gasteiger partial charge in [-0.25, -0.2) is 9.78 Å². The van der Waals surface area contributed by atoms with Crippen LogP contribution in [0.2, 0.25) is 0 Å². The topological polar surface area (TPSA) is 93.0 Å². The number of nitrogens with zero attached hydrogens (tertiary/aromatic N) is 5. The number of carbonyl (C=O) groups is 1. The first-order valence-electron chi connectivity index (χ1n) is 11.4. The first kappa shape index (κ1) is 22.6. The van der Waals surface area contributed by atoms with E-state index in [1.165, 1.54) is 0 Å². The second kappa shape index (κ2) is 9.94. The van der Waals surface area contributed by atoms with Crippen molar-refractivity contribution in [3.63, 3.8) is 0 Å². The van der Waals surface area contributed by atoms with Crippen LogP contribution in [0, 0.1) is 20.8 Å². The Bertz CT molecular complexity index is 1180. The highest BCUT2D eigenvalue weighted by Gasteiger charge is 2.25. The number of rotatable bonds is 6. The van der Waals surface area contributed by atoms with Gasteiger partial charge in [-0.05, 0) is 63.9 Å². The zero-order chi connectivity index (χ0) is 23.4. The van der Waals surface area contributed by atoms with E-state index in [4.69, 9.17) is 4.98 Å². The highest BCUT2D eigenvalue weighted by Crippen LogP contribution is 2.29. The monoisotopic (exact) mass is 446 g/mol. The highest BCUT2D eigenvalue weighted by molar-refractivity contribution is 5.76.